The Morgan fingerprint density at radius 1 is 1.23 bits per heavy atom. The first-order valence-corrected chi connectivity index (χ1v) is 9.88. The number of rotatable bonds is 4. The van der Waals surface area contributed by atoms with E-state index in [1.54, 1.807) is 29.5 Å². The summed E-state index contributed by atoms with van der Waals surface area (Å²) in [6, 6.07) is 5.36. The summed E-state index contributed by atoms with van der Waals surface area (Å²) in [5.74, 6) is 2.24. The Labute approximate surface area is 158 Å². The molecule has 134 valence electrons. The molecule has 0 saturated carbocycles. The van der Waals surface area contributed by atoms with Gasteiger partial charge >= 0.3 is 0 Å². The number of hydrogen-bond donors (Lipinski definition) is 1. The van der Waals surface area contributed by atoms with Crippen molar-refractivity contribution in [2.75, 3.05) is 17.9 Å². The van der Waals surface area contributed by atoms with E-state index < -0.39 is 0 Å². The molecule has 2 aromatic heterocycles. The Balaban J connectivity index is 1.49. The van der Waals surface area contributed by atoms with Crippen LogP contribution in [0.15, 0.2) is 23.2 Å². The topological polar surface area (TPSA) is 73.3 Å². The summed E-state index contributed by atoms with van der Waals surface area (Å²) < 4.78 is 10.6. The minimum atomic E-state index is -0.0946. The molecule has 1 aliphatic heterocycles. The maximum atomic E-state index is 12.4. The van der Waals surface area contributed by atoms with E-state index in [0.29, 0.717) is 17.2 Å². The number of hydrogen-bond acceptors (Lipinski definition) is 7. The molecule has 26 heavy (non-hydrogen) atoms. The number of ether oxygens (including phenoxy) is 2. The fourth-order valence-electron chi connectivity index (χ4n) is 2.72. The minimum absolute atomic E-state index is 0.0946. The lowest BCUT2D eigenvalue weighted by molar-refractivity contribution is -0.113. The Morgan fingerprint density at radius 3 is 2.88 bits per heavy atom. The van der Waals surface area contributed by atoms with Gasteiger partial charge in [-0.3, -0.25) is 4.79 Å². The number of thioether (sulfide) groups is 1. The molecule has 4 rings (SSSR count). The zero-order valence-electron chi connectivity index (χ0n) is 14.6. The van der Waals surface area contributed by atoms with Crippen molar-refractivity contribution in [2.45, 2.75) is 25.8 Å². The molecule has 0 radical (unpaired) electrons. The molecule has 1 amide bonds. The number of aryl methyl sites for hydroxylation is 3. The Bertz CT molecular complexity index is 1020. The zero-order chi connectivity index (χ0) is 18.3. The molecule has 0 bridgehead atoms. The second-order valence-electron chi connectivity index (χ2n) is 5.94. The van der Waals surface area contributed by atoms with E-state index in [9.17, 15) is 4.79 Å². The van der Waals surface area contributed by atoms with Crippen molar-refractivity contribution in [2.24, 2.45) is 0 Å². The summed E-state index contributed by atoms with van der Waals surface area (Å²) >= 11 is 3.10. The quantitative estimate of drug-likeness (QED) is 0.537. The molecule has 1 aromatic carbocycles. The van der Waals surface area contributed by atoms with Crippen LogP contribution < -0.4 is 14.8 Å². The first kappa shape index (κ1) is 17.1. The fourth-order valence-corrected chi connectivity index (χ4v) is 4.79. The third-order valence-electron chi connectivity index (χ3n) is 4.10. The molecule has 0 aliphatic carbocycles. The number of thiophene rings is 1. The number of amides is 1. The summed E-state index contributed by atoms with van der Waals surface area (Å²) in [7, 11) is 0. The van der Waals surface area contributed by atoms with Crippen LogP contribution in [0.3, 0.4) is 0 Å². The second-order valence-corrected chi connectivity index (χ2v) is 8.11. The maximum absolute atomic E-state index is 12.4. The third-order valence-corrected chi connectivity index (χ3v) is 6.18. The van der Waals surface area contributed by atoms with Gasteiger partial charge < -0.3 is 14.8 Å². The van der Waals surface area contributed by atoms with Gasteiger partial charge in [0.15, 0.2) is 11.5 Å². The number of nitrogens with one attached hydrogen (secondary N) is 1. The Kier molecular flexibility index (Phi) is 4.46. The number of carbonyl (C=O) groups excluding carboxylic acids is 1. The van der Waals surface area contributed by atoms with Gasteiger partial charge in [-0.2, -0.15) is 0 Å². The first-order valence-electron chi connectivity index (χ1n) is 8.08. The van der Waals surface area contributed by atoms with E-state index in [4.69, 9.17) is 9.47 Å². The number of nitrogens with zero attached hydrogens (tertiary/aromatic N) is 2. The summed E-state index contributed by atoms with van der Waals surface area (Å²) in [5.41, 5.74) is 1.87. The van der Waals surface area contributed by atoms with Crippen molar-refractivity contribution < 1.29 is 14.3 Å². The Hall–Kier alpha value is -2.32. The summed E-state index contributed by atoms with van der Waals surface area (Å²) in [6.45, 7) is 6.24. The summed E-state index contributed by atoms with van der Waals surface area (Å²) in [5, 5.41) is 4.80. The van der Waals surface area contributed by atoms with E-state index in [2.05, 4.69) is 29.1 Å². The molecule has 3 heterocycles. The van der Waals surface area contributed by atoms with Gasteiger partial charge in [0.1, 0.15) is 15.7 Å². The highest BCUT2D eigenvalue weighted by Gasteiger charge is 2.16. The SMILES string of the molecule is Cc1nc(SCC(=O)Nc2ccc3c(c2)OCO3)c2c(C)c(C)sc2n1. The van der Waals surface area contributed by atoms with Gasteiger partial charge in [0, 0.05) is 22.0 Å². The number of benzene rings is 1. The van der Waals surface area contributed by atoms with Gasteiger partial charge in [-0.25, -0.2) is 9.97 Å². The maximum Gasteiger partial charge on any atom is 0.234 e. The van der Waals surface area contributed by atoms with E-state index in [1.807, 2.05) is 6.92 Å². The molecule has 0 atom stereocenters. The Morgan fingerprint density at radius 2 is 2.04 bits per heavy atom. The van der Waals surface area contributed by atoms with Gasteiger partial charge in [0.05, 0.1) is 5.75 Å². The molecule has 0 unspecified atom stereocenters. The van der Waals surface area contributed by atoms with Crippen LogP contribution in [0.4, 0.5) is 5.69 Å². The average Bonchev–Trinajstić information content (AvgIpc) is 3.17. The summed E-state index contributed by atoms with van der Waals surface area (Å²) in [4.78, 5) is 23.6. The van der Waals surface area contributed by atoms with Crippen molar-refractivity contribution in [1.82, 2.24) is 9.97 Å². The number of aromatic nitrogens is 2. The summed E-state index contributed by atoms with van der Waals surface area (Å²) in [6.07, 6.45) is 0. The van der Waals surface area contributed by atoms with Crippen LogP contribution in [0, 0.1) is 20.8 Å². The lowest BCUT2D eigenvalue weighted by Crippen LogP contribution is -2.14. The number of fused-ring (bicyclic) bond motifs is 2. The highest BCUT2D eigenvalue weighted by atomic mass is 32.2. The van der Waals surface area contributed by atoms with Crippen LogP contribution in [0.1, 0.15) is 16.3 Å². The largest absolute Gasteiger partial charge is 0.454 e. The van der Waals surface area contributed by atoms with Crippen LogP contribution in [0.25, 0.3) is 10.2 Å². The molecule has 3 aromatic rings. The lowest BCUT2D eigenvalue weighted by atomic mass is 10.2. The smallest absolute Gasteiger partial charge is 0.234 e. The fraction of sp³-hybridized carbons (Fsp3) is 0.278. The molecule has 1 aliphatic rings. The van der Waals surface area contributed by atoms with Gasteiger partial charge in [-0.05, 0) is 38.5 Å². The van der Waals surface area contributed by atoms with E-state index in [-0.39, 0.29) is 18.5 Å². The van der Waals surface area contributed by atoms with Crippen LogP contribution in [-0.2, 0) is 4.79 Å². The van der Waals surface area contributed by atoms with Crippen molar-refractivity contribution in [3.8, 4) is 11.5 Å². The average molecular weight is 387 g/mol. The van der Waals surface area contributed by atoms with Crippen molar-refractivity contribution in [1.29, 1.82) is 0 Å². The van der Waals surface area contributed by atoms with Gasteiger partial charge in [0.2, 0.25) is 12.7 Å². The van der Waals surface area contributed by atoms with Crippen molar-refractivity contribution in [3.05, 3.63) is 34.5 Å². The highest BCUT2D eigenvalue weighted by molar-refractivity contribution is 8.00. The predicted molar refractivity (Wildman–Crippen MR) is 104 cm³/mol. The van der Waals surface area contributed by atoms with E-state index in [1.165, 1.54) is 22.2 Å². The molecular weight excluding hydrogens is 370 g/mol. The molecule has 0 fully saturated rings. The predicted octanol–water partition coefficient (Wildman–Crippen LogP) is 4.08. The number of anilines is 1. The standard InChI is InChI=1S/C18H17N3O3S2/c1-9-10(2)26-18-16(9)17(19-11(3)20-18)25-7-15(22)21-12-4-5-13-14(6-12)24-8-23-13/h4-6H,7-8H2,1-3H3,(H,21,22). The normalized spacial score (nSPS) is 12.6. The van der Waals surface area contributed by atoms with Crippen LogP contribution in [0.5, 0.6) is 11.5 Å². The van der Waals surface area contributed by atoms with Crippen molar-refractivity contribution in [3.63, 3.8) is 0 Å². The van der Waals surface area contributed by atoms with Gasteiger partial charge in [-0.1, -0.05) is 11.8 Å². The highest BCUT2D eigenvalue weighted by Crippen LogP contribution is 2.36. The monoisotopic (exact) mass is 387 g/mol. The van der Waals surface area contributed by atoms with Crippen LogP contribution in [-0.4, -0.2) is 28.4 Å². The molecular formula is C18H17N3O3S2. The minimum Gasteiger partial charge on any atom is -0.454 e. The molecule has 0 spiro atoms. The zero-order valence-corrected chi connectivity index (χ0v) is 16.2. The van der Waals surface area contributed by atoms with Crippen LogP contribution >= 0.6 is 23.1 Å². The second kappa shape index (κ2) is 6.77. The molecule has 0 saturated heterocycles. The third kappa shape index (κ3) is 3.22. The van der Waals surface area contributed by atoms with Gasteiger partial charge in [-0.15, -0.1) is 11.3 Å². The van der Waals surface area contributed by atoms with Crippen molar-refractivity contribution >= 4 is 44.9 Å². The first-order chi connectivity index (χ1) is 12.5. The van der Waals surface area contributed by atoms with E-state index >= 15 is 0 Å². The van der Waals surface area contributed by atoms with Gasteiger partial charge in [0.25, 0.3) is 0 Å². The lowest BCUT2D eigenvalue weighted by Gasteiger charge is -2.07. The number of carbonyl (C=O) groups is 1. The molecule has 1 N–H and O–H groups in total. The van der Waals surface area contributed by atoms with Crippen LogP contribution in [0.2, 0.25) is 0 Å². The molecule has 8 heteroatoms. The van der Waals surface area contributed by atoms with E-state index in [0.717, 1.165) is 21.1 Å². The molecule has 6 nitrogen and oxygen atoms in total.